The minimum absolute atomic E-state index is 0.0294. The number of nitrogens with zero attached hydrogens (tertiary/aromatic N) is 3. The van der Waals surface area contributed by atoms with E-state index in [1.807, 2.05) is 7.05 Å². The number of likely N-dealkylation sites (N-methyl/N-ethyl adjacent to an activating group) is 1. The Balaban J connectivity index is 2.06. The second-order valence-electron chi connectivity index (χ2n) is 4.65. The van der Waals surface area contributed by atoms with Gasteiger partial charge in [-0.05, 0) is 25.8 Å². The van der Waals surface area contributed by atoms with E-state index in [-0.39, 0.29) is 5.69 Å². The van der Waals surface area contributed by atoms with Gasteiger partial charge in [0.1, 0.15) is 6.33 Å². The Morgan fingerprint density at radius 3 is 2.75 bits per heavy atom. The highest BCUT2D eigenvalue weighted by molar-refractivity contribution is 4.80. The fraction of sp³-hybridized carbons (Fsp3) is 0.818. The van der Waals surface area contributed by atoms with Gasteiger partial charge in [0, 0.05) is 13.1 Å². The highest BCUT2D eigenvalue weighted by Crippen LogP contribution is 2.27. The summed E-state index contributed by atoms with van der Waals surface area (Å²) in [7, 11) is 3.70. The van der Waals surface area contributed by atoms with Gasteiger partial charge in [0.05, 0.1) is 6.54 Å². The molecule has 1 aliphatic rings. The summed E-state index contributed by atoms with van der Waals surface area (Å²) in [6.45, 7) is 0.681. The van der Waals surface area contributed by atoms with Crippen LogP contribution >= 0.6 is 0 Å². The number of rotatable bonds is 4. The lowest BCUT2D eigenvalue weighted by atomic mass is 9.98. The maximum atomic E-state index is 11.7. The van der Waals surface area contributed by atoms with Gasteiger partial charge >= 0.3 is 5.69 Å². The van der Waals surface area contributed by atoms with Crippen molar-refractivity contribution in [1.29, 1.82) is 0 Å². The SMILES string of the molecule is CNC(Cn1ncn(C)c1=O)C1CCCC1. The third-order valence-electron chi connectivity index (χ3n) is 3.60. The smallest absolute Gasteiger partial charge is 0.315 e. The first-order valence-corrected chi connectivity index (χ1v) is 5.98. The fourth-order valence-electron chi connectivity index (χ4n) is 2.57. The van der Waals surface area contributed by atoms with Crippen molar-refractivity contribution in [3.63, 3.8) is 0 Å². The summed E-state index contributed by atoms with van der Waals surface area (Å²) in [5, 5.41) is 7.42. The van der Waals surface area contributed by atoms with Gasteiger partial charge < -0.3 is 5.32 Å². The first kappa shape index (κ1) is 11.4. The van der Waals surface area contributed by atoms with E-state index in [9.17, 15) is 4.79 Å². The minimum atomic E-state index is -0.0294. The molecule has 1 saturated carbocycles. The monoisotopic (exact) mass is 224 g/mol. The molecule has 0 amide bonds. The molecule has 1 atom stereocenters. The zero-order chi connectivity index (χ0) is 11.5. The second-order valence-corrected chi connectivity index (χ2v) is 4.65. The van der Waals surface area contributed by atoms with Crippen molar-refractivity contribution in [3.8, 4) is 0 Å². The first-order chi connectivity index (χ1) is 7.72. The predicted molar refractivity (Wildman–Crippen MR) is 62.3 cm³/mol. The Labute approximate surface area is 95.5 Å². The Bertz CT molecular complexity index is 389. The van der Waals surface area contributed by atoms with Crippen LogP contribution < -0.4 is 11.0 Å². The van der Waals surface area contributed by atoms with Gasteiger partial charge in [0.2, 0.25) is 0 Å². The molecular weight excluding hydrogens is 204 g/mol. The predicted octanol–water partition coefficient (Wildman–Crippen LogP) is 0.360. The summed E-state index contributed by atoms with van der Waals surface area (Å²) >= 11 is 0. The normalized spacial score (nSPS) is 19.1. The second kappa shape index (κ2) is 4.82. The highest BCUT2D eigenvalue weighted by Gasteiger charge is 2.24. The van der Waals surface area contributed by atoms with Gasteiger partial charge in [-0.1, -0.05) is 12.8 Å². The van der Waals surface area contributed by atoms with E-state index in [0.717, 1.165) is 0 Å². The van der Waals surface area contributed by atoms with E-state index < -0.39 is 0 Å². The number of nitrogens with one attached hydrogen (secondary N) is 1. The lowest BCUT2D eigenvalue weighted by Crippen LogP contribution is -2.39. The number of aryl methyl sites for hydroxylation is 1. The molecule has 1 fully saturated rings. The summed E-state index contributed by atoms with van der Waals surface area (Å²) in [6.07, 6.45) is 6.75. The van der Waals surface area contributed by atoms with Crippen molar-refractivity contribution in [1.82, 2.24) is 19.7 Å². The van der Waals surface area contributed by atoms with Crippen LogP contribution in [0, 0.1) is 5.92 Å². The van der Waals surface area contributed by atoms with Gasteiger partial charge in [-0.2, -0.15) is 5.10 Å². The molecule has 0 spiro atoms. The van der Waals surface area contributed by atoms with Crippen molar-refractivity contribution in [2.75, 3.05) is 7.05 Å². The standard InChI is InChI=1S/C11H20N4O/c1-12-10(9-5-3-4-6-9)7-15-11(16)14(2)8-13-15/h8-10,12H,3-7H2,1-2H3. The summed E-state index contributed by atoms with van der Waals surface area (Å²) < 4.78 is 3.07. The van der Waals surface area contributed by atoms with E-state index >= 15 is 0 Å². The van der Waals surface area contributed by atoms with Crippen LogP contribution in [0.4, 0.5) is 0 Å². The number of hydrogen-bond donors (Lipinski definition) is 1. The lowest BCUT2D eigenvalue weighted by Gasteiger charge is -2.22. The molecule has 0 saturated heterocycles. The van der Waals surface area contributed by atoms with Crippen LogP contribution in [0.5, 0.6) is 0 Å². The van der Waals surface area contributed by atoms with E-state index in [2.05, 4.69) is 10.4 Å². The summed E-state index contributed by atoms with van der Waals surface area (Å²) in [4.78, 5) is 11.7. The summed E-state index contributed by atoms with van der Waals surface area (Å²) in [6, 6.07) is 0.370. The Kier molecular flexibility index (Phi) is 3.43. The molecule has 1 aliphatic carbocycles. The average Bonchev–Trinajstić information content (AvgIpc) is 2.90. The zero-order valence-electron chi connectivity index (χ0n) is 10.0. The molecule has 5 heteroatoms. The third-order valence-corrected chi connectivity index (χ3v) is 3.60. The molecular formula is C11H20N4O. The van der Waals surface area contributed by atoms with Crippen molar-refractivity contribution in [3.05, 3.63) is 16.8 Å². The van der Waals surface area contributed by atoms with E-state index in [4.69, 9.17) is 0 Å². The Hall–Kier alpha value is -1.10. The van der Waals surface area contributed by atoms with Crippen LogP contribution in [-0.2, 0) is 13.6 Å². The quantitative estimate of drug-likeness (QED) is 0.803. The molecule has 5 nitrogen and oxygen atoms in total. The lowest BCUT2D eigenvalue weighted by molar-refractivity contribution is 0.324. The van der Waals surface area contributed by atoms with Crippen molar-refractivity contribution in [2.45, 2.75) is 38.3 Å². The van der Waals surface area contributed by atoms with Crippen LogP contribution in [0.3, 0.4) is 0 Å². The summed E-state index contributed by atoms with van der Waals surface area (Å²) in [5.74, 6) is 0.693. The molecule has 1 aromatic heterocycles. The average molecular weight is 224 g/mol. The minimum Gasteiger partial charge on any atom is -0.315 e. The van der Waals surface area contributed by atoms with E-state index in [1.54, 1.807) is 18.1 Å². The van der Waals surface area contributed by atoms with Crippen LogP contribution in [0.25, 0.3) is 0 Å². The molecule has 1 N–H and O–H groups in total. The molecule has 16 heavy (non-hydrogen) atoms. The van der Waals surface area contributed by atoms with Gasteiger partial charge in [0.25, 0.3) is 0 Å². The van der Waals surface area contributed by atoms with Gasteiger partial charge in [0.15, 0.2) is 0 Å². The van der Waals surface area contributed by atoms with Gasteiger partial charge in [-0.25, -0.2) is 9.48 Å². The van der Waals surface area contributed by atoms with E-state index in [1.165, 1.54) is 30.3 Å². The van der Waals surface area contributed by atoms with Crippen LogP contribution in [0.2, 0.25) is 0 Å². The molecule has 0 bridgehead atoms. The van der Waals surface area contributed by atoms with Gasteiger partial charge in [-0.3, -0.25) is 4.57 Å². The maximum Gasteiger partial charge on any atom is 0.345 e. The molecule has 2 rings (SSSR count). The molecule has 1 unspecified atom stereocenters. The van der Waals surface area contributed by atoms with Crippen LogP contribution in [0.1, 0.15) is 25.7 Å². The Morgan fingerprint density at radius 2 is 2.25 bits per heavy atom. The third kappa shape index (κ3) is 2.19. The maximum absolute atomic E-state index is 11.7. The zero-order valence-corrected chi connectivity index (χ0v) is 10.0. The number of hydrogen-bond acceptors (Lipinski definition) is 3. The molecule has 0 aromatic carbocycles. The highest BCUT2D eigenvalue weighted by atomic mass is 16.2. The number of aromatic nitrogens is 3. The topological polar surface area (TPSA) is 51.9 Å². The van der Waals surface area contributed by atoms with Crippen molar-refractivity contribution >= 4 is 0 Å². The van der Waals surface area contributed by atoms with Crippen molar-refractivity contribution < 1.29 is 0 Å². The van der Waals surface area contributed by atoms with Crippen molar-refractivity contribution in [2.24, 2.45) is 13.0 Å². The van der Waals surface area contributed by atoms with E-state index in [0.29, 0.717) is 18.5 Å². The molecule has 90 valence electrons. The Morgan fingerprint density at radius 1 is 1.56 bits per heavy atom. The largest absolute Gasteiger partial charge is 0.345 e. The summed E-state index contributed by atoms with van der Waals surface area (Å²) in [5.41, 5.74) is -0.0294. The van der Waals surface area contributed by atoms with Crippen LogP contribution in [-0.4, -0.2) is 27.4 Å². The molecule has 0 aliphatic heterocycles. The van der Waals surface area contributed by atoms with Gasteiger partial charge in [-0.15, -0.1) is 0 Å². The van der Waals surface area contributed by atoms with Crippen LogP contribution in [0.15, 0.2) is 11.1 Å². The molecule has 1 aromatic rings. The molecule has 0 radical (unpaired) electrons. The molecule has 1 heterocycles. The fourth-order valence-corrected chi connectivity index (χ4v) is 2.57. The first-order valence-electron chi connectivity index (χ1n) is 5.98.